The Morgan fingerprint density at radius 1 is 1.03 bits per heavy atom. The number of aromatic nitrogens is 1. The van der Waals surface area contributed by atoms with Gasteiger partial charge in [-0.3, -0.25) is 19.8 Å². The molecule has 1 unspecified atom stereocenters. The number of alkyl halides is 3. The second kappa shape index (κ2) is 10.4. The number of non-ortho nitro benzene ring substituents is 1. The average Bonchev–Trinajstić information content (AvgIpc) is 3.57. The Morgan fingerprint density at radius 2 is 1.74 bits per heavy atom. The van der Waals surface area contributed by atoms with E-state index in [2.05, 4.69) is 0 Å². The van der Waals surface area contributed by atoms with E-state index in [0.29, 0.717) is 4.88 Å². The molecule has 1 amide bonds. The Kier molecular flexibility index (Phi) is 7.19. The number of halogens is 3. The summed E-state index contributed by atoms with van der Waals surface area (Å²) in [4.78, 5) is 27.1. The van der Waals surface area contributed by atoms with E-state index in [9.17, 15) is 33.2 Å². The number of carbonyl (C=O) groups is 1. The Balaban J connectivity index is 1.47. The van der Waals surface area contributed by atoms with E-state index in [1.807, 2.05) is 6.07 Å². The number of thiophene rings is 1. The molecule has 5 rings (SSSR count). The maximum atomic E-state index is 14.7. The van der Waals surface area contributed by atoms with E-state index in [-0.39, 0.29) is 60.8 Å². The first-order chi connectivity index (χ1) is 18.6. The second-order valence-electron chi connectivity index (χ2n) is 9.52. The third-order valence-corrected chi connectivity index (χ3v) is 7.89. The highest BCUT2D eigenvalue weighted by atomic mass is 32.1. The van der Waals surface area contributed by atoms with E-state index in [0.717, 1.165) is 11.6 Å². The van der Waals surface area contributed by atoms with Crippen molar-refractivity contribution < 1.29 is 28.0 Å². The van der Waals surface area contributed by atoms with Gasteiger partial charge in [-0.1, -0.05) is 36.4 Å². The fourth-order valence-corrected chi connectivity index (χ4v) is 5.64. The molecule has 1 saturated heterocycles. The van der Waals surface area contributed by atoms with Crippen LogP contribution in [0.25, 0.3) is 10.9 Å². The molecule has 4 aromatic rings. The fourth-order valence-electron chi connectivity index (χ4n) is 4.95. The summed E-state index contributed by atoms with van der Waals surface area (Å²) in [5, 5.41) is 24.7. The lowest BCUT2D eigenvalue weighted by Gasteiger charge is -2.40. The third kappa shape index (κ3) is 5.27. The van der Waals surface area contributed by atoms with Gasteiger partial charge in [0.15, 0.2) is 0 Å². The highest BCUT2D eigenvalue weighted by Crippen LogP contribution is 2.44. The molecule has 0 bridgehead atoms. The molecule has 0 spiro atoms. The molecule has 39 heavy (non-hydrogen) atoms. The maximum absolute atomic E-state index is 14.7. The number of hydrogen-bond acceptors (Lipinski definition) is 6. The van der Waals surface area contributed by atoms with Crippen molar-refractivity contribution in [3.63, 3.8) is 0 Å². The molecule has 2 aromatic carbocycles. The molecule has 1 N–H and O–H groups in total. The van der Waals surface area contributed by atoms with Gasteiger partial charge >= 0.3 is 6.18 Å². The minimum atomic E-state index is -5.04. The highest BCUT2D eigenvalue weighted by Gasteiger charge is 2.57. The number of benzene rings is 2. The van der Waals surface area contributed by atoms with Gasteiger partial charge in [-0.05, 0) is 23.1 Å². The van der Waals surface area contributed by atoms with E-state index in [1.165, 1.54) is 39.1 Å². The van der Waals surface area contributed by atoms with E-state index < -0.39 is 23.2 Å². The van der Waals surface area contributed by atoms with Gasteiger partial charge < -0.3 is 14.6 Å². The lowest BCUT2D eigenvalue weighted by Crippen LogP contribution is -2.56. The Hall–Kier alpha value is -3.74. The smallest absolute Gasteiger partial charge is 0.375 e. The number of hydrogen-bond donors (Lipinski definition) is 1. The van der Waals surface area contributed by atoms with Crippen molar-refractivity contribution in [3.8, 4) is 0 Å². The zero-order valence-corrected chi connectivity index (χ0v) is 21.5. The number of nitrogens with zero attached hydrogens (tertiary/aromatic N) is 4. The largest absolute Gasteiger partial charge is 0.422 e. The summed E-state index contributed by atoms with van der Waals surface area (Å²) in [6.07, 6.45) is -3.80. The Morgan fingerprint density at radius 3 is 2.36 bits per heavy atom. The molecule has 1 aliphatic rings. The van der Waals surface area contributed by atoms with Gasteiger partial charge in [0, 0.05) is 68.5 Å². The topological polar surface area (TPSA) is 91.8 Å². The Labute approximate surface area is 225 Å². The van der Waals surface area contributed by atoms with Gasteiger partial charge in [0.05, 0.1) is 15.3 Å². The van der Waals surface area contributed by atoms with E-state index in [1.54, 1.807) is 46.7 Å². The summed E-state index contributed by atoms with van der Waals surface area (Å²) in [6.45, 7) is 0.196. The summed E-state index contributed by atoms with van der Waals surface area (Å²) in [5.41, 5.74) is -2.87. The van der Waals surface area contributed by atoms with Crippen LogP contribution in [-0.2, 0) is 12.1 Å². The van der Waals surface area contributed by atoms with Gasteiger partial charge in [-0.15, -0.1) is 11.3 Å². The Bertz CT molecular complexity index is 1480. The molecule has 8 nitrogen and oxygen atoms in total. The zero-order valence-electron chi connectivity index (χ0n) is 20.7. The summed E-state index contributed by atoms with van der Waals surface area (Å²) >= 11 is 1.30. The van der Waals surface area contributed by atoms with Crippen molar-refractivity contribution in [2.45, 2.75) is 18.3 Å². The van der Waals surface area contributed by atoms with Crippen molar-refractivity contribution in [1.29, 1.82) is 0 Å². The number of aliphatic hydroxyl groups is 1. The minimum Gasteiger partial charge on any atom is -0.375 e. The molecule has 1 aliphatic heterocycles. The molecule has 204 valence electrons. The van der Waals surface area contributed by atoms with Crippen LogP contribution in [0.3, 0.4) is 0 Å². The lowest BCUT2D eigenvalue weighted by molar-refractivity contribution is -0.384. The van der Waals surface area contributed by atoms with Crippen LogP contribution < -0.4 is 0 Å². The van der Waals surface area contributed by atoms with Crippen molar-refractivity contribution in [2.75, 3.05) is 32.7 Å². The number of piperazine rings is 1. The van der Waals surface area contributed by atoms with Crippen LogP contribution >= 0.6 is 11.3 Å². The molecule has 1 fully saturated rings. The molecular formula is C27H25F3N4O4S. The van der Waals surface area contributed by atoms with Crippen molar-refractivity contribution in [1.82, 2.24) is 14.4 Å². The summed E-state index contributed by atoms with van der Waals surface area (Å²) in [5.74, 6) is -0.165. The minimum absolute atomic E-state index is 0.0860. The molecule has 2 aromatic heterocycles. The van der Waals surface area contributed by atoms with Gasteiger partial charge in [0.2, 0.25) is 5.60 Å². The number of nitro groups is 1. The second-order valence-corrected chi connectivity index (χ2v) is 10.5. The zero-order chi connectivity index (χ0) is 27.8. The first-order valence-electron chi connectivity index (χ1n) is 12.2. The van der Waals surface area contributed by atoms with Gasteiger partial charge in [-0.25, -0.2) is 0 Å². The van der Waals surface area contributed by atoms with Crippen LogP contribution in [-0.4, -0.2) is 69.2 Å². The third-order valence-electron chi connectivity index (χ3n) is 7.03. The van der Waals surface area contributed by atoms with Crippen LogP contribution in [0.4, 0.5) is 18.9 Å². The lowest BCUT2D eigenvalue weighted by atomic mass is 9.91. The quantitative estimate of drug-likeness (QED) is 0.258. The molecule has 1 atom stereocenters. The van der Waals surface area contributed by atoms with Crippen LogP contribution in [0.2, 0.25) is 0 Å². The molecule has 0 aliphatic carbocycles. The van der Waals surface area contributed by atoms with Crippen molar-refractivity contribution in [2.24, 2.45) is 0 Å². The van der Waals surface area contributed by atoms with Gasteiger partial charge in [-0.2, -0.15) is 13.2 Å². The van der Waals surface area contributed by atoms with Gasteiger partial charge in [0.1, 0.15) is 0 Å². The summed E-state index contributed by atoms with van der Waals surface area (Å²) in [7, 11) is 0. The van der Waals surface area contributed by atoms with Crippen molar-refractivity contribution in [3.05, 3.63) is 98.4 Å². The van der Waals surface area contributed by atoms with Gasteiger partial charge in [0.25, 0.3) is 11.6 Å². The van der Waals surface area contributed by atoms with E-state index in [4.69, 9.17) is 0 Å². The van der Waals surface area contributed by atoms with E-state index >= 15 is 0 Å². The molecular weight excluding hydrogens is 533 g/mol. The first kappa shape index (κ1) is 26.9. The number of β-amino-alcohol motifs (C(OH)–C–C–N with tert-alkyl or cyclic N) is 1. The van der Waals surface area contributed by atoms with Crippen LogP contribution in [0, 0.1) is 10.1 Å². The van der Waals surface area contributed by atoms with Crippen molar-refractivity contribution >= 4 is 33.8 Å². The molecule has 3 heterocycles. The monoisotopic (exact) mass is 558 g/mol. The number of carbonyl (C=O) groups excluding carboxylic acids is 1. The number of nitro benzene ring substituents is 1. The SMILES string of the molecule is O=C(c1cccs1)N1CCN(CC(O)(c2cn(Cc3ccccc3)c3cc([N+](=O)[O-])ccc23)C(F)(F)F)CC1. The number of fused-ring (bicyclic) bond motifs is 1. The predicted molar refractivity (Wildman–Crippen MR) is 141 cm³/mol. The predicted octanol–water partition coefficient (Wildman–Crippen LogP) is 4.87. The van der Waals surface area contributed by atoms with Crippen LogP contribution in [0.5, 0.6) is 0 Å². The first-order valence-corrected chi connectivity index (χ1v) is 13.1. The summed E-state index contributed by atoms with van der Waals surface area (Å²) in [6, 6.07) is 16.1. The summed E-state index contributed by atoms with van der Waals surface area (Å²) < 4.78 is 45.5. The number of rotatable bonds is 7. The molecule has 12 heteroatoms. The molecule has 0 saturated carbocycles. The normalized spacial score (nSPS) is 16.4. The van der Waals surface area contributed by atoms with Crippen LogP contribution in [0.1, 0.15) is 20.8 Å². The van der Waals surface area contributed by atoms with Crippen LogP contribution in [0.15, 0.2) is 72.2 Å². The highest BCUT2D eigenvalue weighted by molar-refractivity contribution is 7.12. The maximum Gasteiger partial charge on any atom is 0.422 e. The fraction of sp³-hybridized carbons (Fsp3) is 0.296. The number of amides is 1. The average molecular weight is 559 g/mol. The molecule has 0 radical (unpaired) electrons. The standard InChI is InChI=1S/C27H25F3N4O4S/c28-27(29,30)26(36,18-31-10-12-32(13-11-31)25(35)24-7-4-14-39-24)22-17-33(16-19-5-2-1-3-6-19)23-15-20(34(37)38)8-9-21(22)23/h1-9,14-15,17,36H,10-13,16,18H2.